The maximum atomic E-state index is 11.2. The molecular formula is C11H18N2O3S. The summed E-state index contributed by atoms with van der Waals surface area (Å²) in [4.78, 5) is 2.26. The van der Waals surface area contributed by atoms with E-state index in [1.54, 1.807) is 6.26 Å². The monoisotopic (exact) mass is 258 g/mol. The fraction of sp³-hybridized carbons (Fsp3) is 0.636. The van der Waals surface area contributed by atoms with Crippen LogP contribution in [0.15, 0.2) is 22.8 Å². The van der Waals surface area contributed by atoms with Crippen molar-refractivity contribution in [2.24, 2.45) is 0 Å². The van der Waals surface area contributed by atoms with Crippen LogP contribution in [0, 0.1) is 0 Å². The van der Waals surface area contributed by atoms with Crippen molar-refractivity contribution in [3.8, 4) is 0 Å². The molecule has 0 bridgehead atoms. The fourth-order valence-electron chi connectivity index (χ4n) is 2.17. The molecule has 1 atom stereocenters. The Morgan fingerprint density at radius 2 is 2.18 bits per heavy atom. The van der Waals surface area contributed by atoms with E-state index in [0.717, 1.165) is 31.7 Å². The van der Waals surface area contributed by atoms with E-state index in [1.165, 1.54) is 6.26 Å². The van der Waals surface area contributed by atoms with E-state index in [1.807, 2.05) is 12.1 Å². The van der Waals surface area contributed by atoms with Crippen molar-refractivity contribution in [2.45, 2.75) is 18.9 Å². The quantitative estimate of drug-likeness (QED) is 0.854. The third kappa shape index (κ3) is 3.55. The second-order valence-electron chi connectivity index (χ2n) is 4.39. The molecule has 2 rings (SSSR count). The minimum Gasteiger partial charge on any atom is -0.468 e. The first-order valence-electron chi connectivity index (χ1n) is 5.78. The van der Waals surface area contributed by atoms with E-state index >= 15 is 0 Å². The van der Waals surface area contributed by atoms with Crippen molar-refractivity contribution in [3.63, 3.8) is 0 Å². The van der Waals surface area contributed by atoms with Gasteiger partial charge in [0.25, 0.3) is 0 Å². The molecule has 1 saturated heterocycles. The third-order valence-corrected chi connectivity index (χ3v) is 3.68. The third-order valence-electron chi connectivity index (χ3n) is 2.99. The van der Waals surface area contributed by atoms with Gasteiger partial charge in [-0.15, -0.1) is 0 Å². The minimum atomic E-state index is -3.16. The molecule has 96 valence electrons. The summed E-state index contributed by atoms with van der Waals surface area (Å²) in [6.07, 6.45) is 5.13. The zero-order valence-corrected chi connectivity index (χ0v) is 10.7. The van der Waals surface area contributed by atoms with Crippen molar-refractivity contribution in [2.75, 3.05) is 25.9 Å². The van der Waals surface area contributed by atoms with Crippen molar-refractivity contribution >= 4 is 10.0 Å². The summed E-state index contributed by atoms with van der Waals surface area (Å²) < 4.78 is 30.3. The zero-order valence-electron chi connectivity index (χ0n) is 9.93. The number of rotatable bonds is 5. The Hall–Kier alpha value is -0.850. The molecule has 1 aliphatic rings. The second kappa shape index (κ2) is 5.20. The van der Waals surface area contributed by atoms with Crippen LogP contribution in [0.2, 0.25) is 0 Å². The number of hydrogen-bond acceptors (Lipinski definition) is 4. The lowest BCUT2D eigenvalue weighted by atomic mass is 10.2. The van der Waals surface area contributed by atoms with Gasteiger partial charge in [0.15, 0.2) is 0 Å². The van der Waals surface area contributed by atoms with Gasteiger partial charge in [0.1, 0.15) is 5.76 Å². The molecule has 1 aliphatic heterocycles. The van der Waals surface area contributed by atoms with E-state index in [0.29, 0.717) is 6.54 Å². The molecule has 0 spiro atoms. The van der Waals surface area contributed by atoms with Gasteiger partial charge >= 0.3 is 0 Å². The topological polar surface area (TPSA) is 62.6 Å². The summed E-state index contributed by atoms with van der Waals surface area (Å²) in [5, 5.41) is 0. The van der Waals surface area contributed by atoms with Crippen LogP contribution < -0.4 is 4.72 Å². The maximum absolute atomic E-state index is 11.2. The summed E-state index contributed by atoms with van der Waals surface area (Å²) in [5.41, 5.74) is 0. The Bertz CT molecular complexity index is 435. The lowest BCUT2D eigenvalue weighted by Crippen LogP contribution is -2.36. The van der Waals surface area contributed by atoms with Crippen LogP contribution in [0.1, 0.15) is 24.6 Å². The molecule has 1 aromatic rings. The first kappa shape index (κ1) is 12.6. The largest absolute Gasteiger partial charge is 0.468 e. The van der Waals surface area contributed by atoms with Gasteiger partial charge in [-0.25, -0.2) is 13.1 Å². The van der Waals surface area contributed by atoms with E-state index in [-0.39, 0.29) is 6.04 Å². The van der Waals surface area contributed by atoms with Crippen LogP contribution in [0.25, 0.3) is 0 Å². The Kier molecular flexibility index (Phi) is 3.86. The van der Waals surface area contributed by atoms with Crippen LogP contribution in [0.5, 0.6) is 0 Å². The number of sulfonamides is 1. The summed E-state index contributed by atoms with van der Waals surface area (Å²) in [5.74, 6) is 0.822. The van der Waals surface area contributed by atoms with Crippen molar-refractivity contribution in [1.29, 1.82) is 0 Å². The number of nitrogens with zero attached hydrogens (tertiary/aromatic N) is 1. The van der Waals surface area contributed by atoms with E-state index in [2.05, 4.69) is 9.62 Å². The highest BCUT2D eigenvalue weighted by molar-refractivity contribution is 7.88. The highest BCUT2D eigenvalue weighted by atomic mass is 32.2. The Labute approximate surface area is 102 Å². The molecule has 0 aliphatic carbocycles. The molecule has 1 aromatic heterocycles. The molecule has 0 radical (unpaired) electrons. The molecule has 0 saturated carbocycles. The predicted octanol–water partition coefficient (Wildman–Crippen LogP) is 0.966. The van der Waals surface area contributed by atoms with Crippen LogP contribution in [-0.4, -0.2) is 39.2 Å². The Morgan fingerprint density at radius 1 is 1.47 bits per heavy atom. The van der Waals surface area contributed by atoms with Gasteiger partial charge in [0, 0.05) is 6.54 Å². The highest BCUT2D eigenvalue weighted by Crippen LogP contribution is 2.24. The van der Waals surface area contributed by atoms with Crippen LogP contribution >= 0.6 is 0 Å². The number of furan rings is 1. The normalized spacial score (nSPS) is 19.6. The summed E-state index contributed by atoms with van der Waals surface area (Å²) in [7, 11) is -3.16. The van der Waals surface area contributed by atoms with Gasteiger partial charge in [0.2, 0.25) is 10.0 Å². The molecule has 0 aromatic carbocycles. The van der Waals surface area contributed by atoms with E-state index < -0.39 is 10.0 Å². The van der Waals surface area contributed by atoms with Crippen LogP contribution in [0.3, 0.4) is 0 Å². The summed E-state index contributed by atoms with van der Waals surface area (Å²) in [6, 6.07) is 3.73. The number of likely N-dealkylation sites (tertiary alicyclic amines) is 1. The van der Waals surface area contributed by atoms with Crippen LogP contribution in [-0.2, 0) is 10.0 Å². The standard InChI is InChI=1S/C11H18N2O3S/c1-17(14,15)12-9-10(11-5-4-8-16-11)13-6-2-3-7-13/h4-5,8,10,12H,2-3,6-7,9H2,1H3. The number of nitrogens with one attached hydrogen (secondary N) is 1. The zero-order chi connectivity index (χ0) is 12.3. The maximum Gasteiger partial charge on any atom is 0.208 e. The fourth-order valence-corrected chi connectivity index (χ4v) is 2.63. The number of hydrogen-bond donors (Lipinski definition) is 1. The highest BCUT2D eigenvalue weighted by Gasteiger charge is 2.26. The molecule has 0 amide bonds. The van der Waals surface area contributed by atoms with Crippen molar-refractivity contribution in [3.05, 3.63) is 24.2 Å². The predicted molar refractivity (Wildman–Crippen MR) is 65.1 cm³/mol. The second-order valence-corrected chi connectivity index (χ2v) is 6.23. The lowest BCUT2D eigenvalue weighted by Gasteiger charge is -2.25. The van der Waals surface area contributed by atoms with Gasteiger partial charge < -0.3 is 4.42 Å². The van der Waals surface area contributed by atoms with Crippen LogP contribution in [0.4, 0.5) is 0 Å². The first-order valence-corrected chi connectivity index (χ1v) is 7.67. The molecule has 17 heavy (non-hydrogen) atoms. The molecule has 1 N–H and O–H groups in total. The van der Waals surface area contributed by atoms with E-state index in [9.17, 15) is 8.42 Å². The van der Waals surface area contributed by atoms with Gasteiger partial charge in [0.05, 0.1) is 18.6 Å². The van der Waals surface area contributed by atoms with Crippen molar-refractivity contribution in [1.82, 2.24) is 9.62 Å². The molecule has 6 heteroatoms. The SMILES string of the molecule is CS(=O)(=O)NCC(c1ccco1)N1CCCC1. The lowest BCUT2D eigenvalue weighted by molar-refractivity contribution is 0.216. The summed E-state index contributed by atoms with van der Waals surface area (Å²) >= 11 is 0. The first-order chi connectivity index (χ1) is 8.06. The smallest absolute Gasteiger partial charge is 0.208 e. The Balaban J connectivity index is 2.07. The Morgan fingerprint density at radius 3 is 2.71 bits per heavy atom. The molecule has 5 nitrogen and oxygen atoms in total. The summed E-state index contributed by atoms with van der Waals surface area (Å²) in [6.45, 7) is 2.36. The molecular weight excluding hydrogens is 240 g/mol. The molecule has 1 fully saturated rings. The minimum absolute atomic E-state index is 0.00206. The van der Waals surface area contributed by atoms with Gasteiger partial charge in [-0.2, -0.15) is 0 Å². The average molecular weight is 258 g/mol. The average Bonchev–Trinajstić information content (AvgIpc) is 2.86. The molecule has 2 heterocycles. The van der Waals surface area contributed by atoms with Gasteiger partial charge in [-0.05, 0) is 38.1 Å². The van der Waals surface area contributed by atoms with Gasteiger partial charge in [-0.3, -0.25) is 4.90 Å². The molecule has 1 unspecified atom stereocenters. The van der Waals surface area contributed by atoms with Gasteiger partial charge in [-0.1, -0.05) is 0 Å². The van der Waals surface area contributed by atoms with Crippen molar-refractivity contribution < 1.29 is 12.8 Å². The van der Waals surface area contributed by atoms with E-state index in [4.69, 9.17) is 4.42 Å².